The van der Waals surface area contributed by atoms with E-state index in [0.29, 0.717) is 56.7 Å². The van der Waals surface area contributed by atoms with Crippen LogP contribution in [0.25, 0.3) is 0 Å². The van der Waals surface area contributed by atoms with Crippen molar-refractivity contribution < 1.29 is 53.7 Å². The average molecular weight is 593 g/mol. The number of ether oxygens (including phenoxy) is 5. The van der Waals surface area contributed by atoms with Crippen molar-refractivity contribution in [1.82, 2.24) is 0 Å². The second kappa shape index (κ2) is 19.7. The van der Waals surface area contributed by atoms with E-state index in [-0.39, 0.29) is 23.0 Å². The molecule has 2 rings (SSSR count). The summed E-state index contributed by atoms with van der Waals surface area (Å²) < 4.78 is 29.7. The Morgan fingerprint density at radius 3 is 1.38 bits per heavy atom. The highest BCUT2D eigenvalue weighted by Crippen LogP contribution is 2.58. The molecule has 0 spiro atoms. The maximum Gasteiger partial charge on any atom is 0.327 e. The minimum atomic E-state index is -0.981. The van der Waals surface area contributed by atoms with Crippen molar-refractivity contribution in [2.45, 2.75) is 47.0 Å². The Hall–Kier alpha value is -4.38. The van der Waals surface area contributed by atoms with E-state index in [4.69, 9.17) is 33.9 Å². The number of hydrogen-bond acceptors (Lipinski definition) is 9. The molecule has 0 aliphatic rings. The number of hydrogen-bond donors (Lipinski definition) is 4. The van der Waals surface area contributed by atoms with Gasteiger partial charge in [0, 0.05) is 24.2 Å². The van der Waals surface area contributed by atoms with Crippen LogP contribution in [0.4, 0.5) is 0 Å². The molecule has 0 aliphatic heterocycles. The Kier molecular flexibility index (Phi) is 17.6. The number of aliphatic carboxylic acids is 2. The van der Waals surface area contributed by atoms with Gasteiger partial charge < -0.3 is 44.1 Å². The van der Waals surface area contributed by atoms with Crippen LogP contribution in [0, 0.1) is 0 Å². The highest BCUT2D eigenvalue weighted by Gasteiger charge is 2.41. The molecular formula is C31H44O11. The number of rotatable bonds is 15. The van der Waals surface area contributed by atoms with Gasteiger partial charge in [-0.15, -0.1) is 0 Å². The highest BCUT2D eigenvalue weighted by molar-refractivity contribution is 5.79. The second-order valence-electron chi connectivity index (χ2n) is 8.37. The molecule has 0 aromatic heterocycles. The van der Waals surface area contributed by atoms with Gasteiger partial charge in [0.2, 0.25) is 17.2 Å². The van der Waals surface area contributed by atoms with Gasteiger partial charge in [0.15, 0.2) is 11.5 Å². The fraction of sp³-hybridized carbons (Fsp3) is 0.419. The molecule has 1 atom stereocenters. The Bertz CT molecular complexity index is 1090. The molecule has 11 nitrogen and oxygen atoms in total. The molecule has 0 radical (unpaired) electrons. The highest BCUT2D eigenvalue weighted by atomic mass is 16.5. The van der Waals surface area contributed by atoms with Crippen molar-refractivity contribution in [3.63, 3.8) is 0 Å². The zero-order valence-corrected chi connectivity index (χ0v) is 25.3. The lowest BCUT2D eigenvalue weighted by molar-refractivity contribution is -0.132. The molecule has 4 N–H and O–H groups in total. The van der Waals surface area contributed by atoms with E-state index in [9.17, 15) is 19.8 Å². The minimum Gasteiger partial charge on any atom is -0.508 e. The van der Waals surface area contributed by atoms with Crippen LogP contribution in [0.2, 0.25) is 0 Å². The number of benzene rings is 2. The maximum absolute atomic E-state index is 11.1. The first kappa shape index (κ1) is 37.6. The lowest BCUT2D eigenvalue weighted by Gasteiger charge is -2.35. The van der Waals surface area contributed by atoms with Crippen LogP contribution in [-0.2, 0) is 19.7 Å². The minimum absolute atomic E-state index is 0.159. The third kappa shape index (κ3) is 10.9. The fourth-order valence-electron chi connectivity index (χ4n) is 3.71. The number of carboxylic acids is 2. The van der Waals surface area contributed by atoms with Gasteiger partial charge >= 0.3 is 11.9 Å². The predicted octanol–water partition coefficient (Wildman–Crippen LogP) is 5.55. The largest absolute Gasteiger partial charge is 0.508 e. The number of carbonyl (C=O) groups is 2. The maximum atomic E-state index is 11.1. The first-order chi connectivity index (χ1) is 19.9. The molecule has 0 heterocycles. The van der Waals surface area contributed by atoms with Gasteiger partial charge in [-0.05, 0) is 59.2 Å². The zero-order valence-electron chi connectivity index (χ0n) is 25.3. The monoisotopic (exact) mass is 592 g/mol. The van der Waals surface area contributed by atoms with E-state index < -0.39 is 17.4 Å². The standard InChI is InChI=1S/C25H36O7.2C3H4O2/c1-7-28-16-25(6,17-12-14-18(26)15-13-17)19-21(29-8-2)23(31-10-4)20(27)24(32-11-5)22(19)30-9-3;2*1-2-3(4)5/h12-15,26-27H,7-11,16H2,1-6H3;2*2H,1H2,(H,4,5). The van der Waals surface area contributed by atoms with Crippen LogP contribution in [0.5, 0.6) is 34.5 Å². The molecule has 0 bridgehead atoms. The molecule has 0 amide bonds. The summed E-state index contributed by atoms with van der Waals surface area (Å²) in [4.78, 5) is 18.5. The van der Waals surface area contributed by atoms with E-state index in [1.165, 1.54) is 0 Å². The van der Waals surface area contributed by atoms with Crippen LogP contribution in [0.15, 0.2) is 49.6 Å². The molecule has 0 fully saturated rings. The second-order valence-corrected chi connectivity index (χ2v) is 8.37. The average Bonchev–Trinajstić information content (AvgIpc) is 2.97. The normalized spacial score (nSPS) is 11.3. The fourth-order valence-corrected chi connectivity index (χ4v) is 3.71. The summed E-state index contributed by atoms with van der Waals surface area (Å²) in [5.41, 5.74) is 0.760. The quantitative estimate of drug-likeness (QED) is 0.192. The molecule has 0 saturated carbocycles. The van der Waals surface area contributed by atoms with E-state index in [1.807, 2.05) is 53.7 Å². The van der Waals surface area contributed by atoms with E-state index in [0.717, 1.165) is 17.7 Å². The van der Waals surface area contributed by atoms with Gasteiger partial charge in [-0.2, -0.15) is 0 Å². The van der Waals surface area contributed by atoms with Gasteiger partial charge in [-0.3, -0.25) is 0 Å². The van der Waals surface area contributed by atoms with Gasteiger partial charge in [-0.25, -0.2) is 9.59 Å². The molecule has 0 aliphatic carbocycles. The van der Waals surface area contributed by atoms with Crippen molar-refractivity contribution in [3.8, 4) is 34.5 Å². The first-order valence-electron chi connectivity index (χ1n) is 13.5. The smallest absolute Gasteiger partial charge is 0.327 e. The van der Waals surface area contributed by atoms with Gasteiger partial charge in [-0.1, -0.05) is 25.3 Å². The van der Waals surface area contributed by atoms with Crippen molar-refractivity contribution in [2.24, 2.45) is 0 Å². The summed E-state index contributed by atoms with van der Waals surface area (Å²) in [6.45, 7) is 19.5. The molecule has 42 heavy (non-hydrogen) atoms. The van der Waals surface area contributed by atoms with Crippen molar-refractivity contribution in [2.75, 3.05) is 39.6 Å². The lowest BCUT2D eigenvalue weighted by Crippen LogP contribution is -2.32. The third-order valence-electron chi connectivity index (χ3n) is 5.45. The molecule has 1 unspecified atom stereocenters. The van der Waals surface area contributed by atoms with E-state index in [1.54, 1.807) is 12.1 Å². The Labute approximate surface area is 247 Å². The molecule has 2 aromatic carbocycles. The SMILES string of the molecule is C=CC(=O)O.C=CC(=O)O.CCOCC(C)(c1ccc(O)cc1)c1c(OCC)c(OCC)c(O)c(OCC)c1OCC. The summed E-state index contributed by atoms with van der Waals surface area (Å²) >= 11 is 0. The summed E-state index contributed by atoms with van der Waals surface area (Å²) in [5.74, 6) is -0.777. The van der Waals surface area contributed by atoms with Crippen LogP contribution in [0.3, 0.4) is 0 Å². The molecule has 234 valence electrons. The van der Waals surface area contributed by atoms with Crippen molar-refractivity contribution >= 4 is 11.9 Å². The van der Waals surface area contributed by atoms with Gasteiger partial charge in [0.25, 0.3) is 0 Å². The lowest BCUT2D eigenvalue weighted by atomic mass is 9.75. The summed E-state index contributed by atoms with van der Waals surface area (Å²) in [6, 6.07) is 6.95. The van der Waals surface area contributed by atoms with Crippen molar-refractivity contribution in [3.05, 3.63) is 60.7 Å². The van der Waals surface area contributed by atoms with Crippen molar-refractivity contribution in [1.29, 1.82) is 0 Å². The predicted molar refractivity (Wildman–Crippen MR) is 160 cm³/mol. The number of carboxylic acid groups (broad SMARTS) is 2. The van der Waals surface area contributed by atoms with E-state index >= 15 is 0 Å². The molecule has 11 heteroatoms. The summed E-state index contributed by atoms with van der Waals surface area (Å²) in [6.07, 6.45) is 1.67. The van der Waals surface area contributed by atoms with Crippen LogP contribution < -0.4 is 18.9 Å². The Balaban J connectivity index is 0.00000144. The first-order valence-corrected chi connectivity index (χ1v) is 13.5. The van der Waals surface area contributed by atoms with Gasteiger partial charge in [0.1, 0.15) is 5.75 Å². The van der Waals surface area contributed by atoms with Gasteiger partial charge in [0.05, 0.1) is 38.6 Å². The zero-order chi connectivity index (χ0) is 32.3. The third-order valence-corrected chi connectivity index (χ3v) is 5.45. The molecular weight excluding hydrogens is 548 g/mol. The Morgan fingerprint density at radius 1 is 0.714 bits per heavy atom. The van der Waals surface area contributed by atoms with E-state index in [2.05, 4.69) is 13.2 Å². The topological polar surface area (TPSA) is 161 Å². The number of phenols is 2. The number of phenolic OH excluding ortho intramolecular Hbond substituents is 2. The summed E-state index contributed by atoms with van der Waals surface area (Å²) in [5, 5.41) is 36.1. The van der Waals surface area contributed by atoms with Crippen LogP contribution in [0.1, 0.15) is 52.7 Å². The Morgan fingerprint density at radius 2 is 1.07 bits per heavy atom. The summed E-state index contributed by atoms with van der Waals surface area (Å²) in [7, 11) is 0. The number of aromatic hydroxyl groups is 2. The van der Waals surface area contributed by atoms with Crippen LogP contribution in [-0.4, -0.2) is 72.0 Å². The molecule has 0 saturated heterocycles. The molecule has 2 aromatic rings. The van der Waals surface area contributed by atoms with Crippen LogP contribution >= 0.6 is 0 Å².